The molecule has 3 nitrogen and oxygen atoms in total. The van der Waals surface area contributed by atoms with Crippen LogP contribution >= 0.6 is 0 Å². The highest BCUT2D eigenvalue weighted by Gasteiger charge is 2.28. The van der Waals surface area contributed by atoms with Gasteiger partial charge in [-0.3, -0.25) is 0 Å². The third kappa shape index (κ3) is 2.61. The summed E-state index contributed by atoms with van der Waals surface area (Å²) in [6.07, 6.45) is 1.02. The summed E-state index contributed by atoms with van der Waals surface area (Å²) in [6, 6.07) is 1.11. The fraction of sp³-hybridized carbons (Fsp3) is 0.500. The molecular formula is C14H17F2NO2S. The second kappa shape index (κ2) is 5.24. The summed E-state index contributed by atoms with van der Waals surface area (Å²) in [5, 5.41) is 0. The minimum atomic E-state index is -1.42. The van der Waals surface area contributed by atoms with E-state index in [-0.39, 0.29) is 5.75 Å². The van der Waals surface area contributed by atoms with Crippen LogP contribution in [0.4, 0.5) is 8.78 Å². The van der Waals surface area contributed by atoms with Gasteiger partial charge in [0.1, 0.15) is 11.0 Å². The third-order valence-corrected chi connectivity index (χ3v) is 4.56. The number of ether oxygens (including phenoxy) is 1. The van der Waals surface area contributed by atoms with Crippen LogP contribution in [0, 0.1) is 11.6 Å². The van der Waals surface area contributed by atoms with E-state index in [2.05, 4.69) is 4.40 Å². The molecule has 0 saturated heterocycles. The summed E-state index contributed by atoms with van der Waals surface area (Å²) in [7, 11) is -0.118. The molecule has 1 aliphatic rings. The third-order valence-electron chi connectivity index (χ3n) is 3.12. The lowest BCUT2D eigenvalue weighted by Crippen LogP contribution is -2.20. The molecule has 110 valence electrons. The first-order valence-corrected chi connectivity index (χ1v) is 7.41. The Hall–Kier alpha value is -1.30. The van der Waals surface area contributed by atoms with Crippen LogP contribution in [0.2, 0.25) is 0 Å². The lowest BCUT2D eigenvalue weighted by Gasteiger charge is -2.14. The van der Waals surface area contributed by atoms with Gasteiger partial charge in [-0.05, 0) is 39.7 Å². The Morgan fingerprint density at radius 1 is 1.30 bits per heavy atom. The van der Waals surface area contributed by atoms with E-state index in [1.54, 1.807) is 0 Å². The number of benzene rings is 1. The van der Waals surface area contributed by atoms with Gasteiger partial charge in [0.2, 0.25) is 5.82 Å². The average molecular weight is 301 g/mol. The maximum Gasteiger partial charge on any atom is 0.200 e. The Bertz CT molecular complexity index is 606. The number of halogens is 2. The van der Waals surface area contributed by atoms with Crippen molar-refractivity contribution in [3.8, 4) is 5.75 Å². The van der Waals surface area contributed by atoms with Crippen molar-refractivity contribution in [2.24, 2.45) is 4.40 Å². The highest BCUT2D eigenvalue weighted by molar-refractivity contribution is 7.85. The molecule has 1 aromatic rings. The molecule has 0 bridgehead atoms. The fourth-order valence-corrected chi connectivity index (χ4v) is 2.73. The molecular weight excluding hydrogens is 284 g/mol. The van der Waals surface area contributed by atoms with E-state index >= 15 is 0 Å². The second-order valence-electron chi connectivity index (χ2n) is 5.63. The average Bonchev–Trinajstić information content (AvgIpc) is 2.72. The maximum atomic E-state index is 13.6. The molecule has 6 heteroatoms. The Morgan fingerprint density at radius 3 is 2.50 bits per heavy atom. The number of nitrogens with zero attached hydrogens (tertiary/aromatic N) is 1. The van der Waals surface area contributed by atoms with Gasteiger partial charge < -0.3 is 4.74 Å². The van der Waals surface area contributed by atoms with Crippen molar-refractivity contribution in [2.75, 3.05) is 7.11 Å². The van der Waals surface area contributed by atoms with E-state index in [1.165, 1.54) is 7.11 Å². The number of fused-ring (bicyclic) bond motifs is 1. The largest absolute Gasteiger partial charge is 0.493 e. The minimum Gasteiger partial charge on any atom is -0.493 e. The van der Waals surface area contributed by atoms with E-state index in [1.807, 2.05) is 20.8 Å². The normalized spacial score (nSPS) is 18.2. The highest BCUT2D eigenvalue weighted by atomic mass is 32.2. The maximum absolute atomic E-state index is 13.6. The Morgan fingerprint density at radius 2 is 1.95 bits per heavy atom. The minimum absolute atomic E-state index is 0.0771. The van der Waals surface area contributed by atoms with Gasteiger partial charge in [0.25, 0.3) is 0 Å². The van der Waals surface area contributed by atoms with Crippen molar-refractivity contribution in [3.05, 3.63) is 28.8 Å². The predicted octanol–water partition coefficient (Wildman–Crippen LogP) is 3.17. The Kier molecular flexibility index (Phi) is 3.95. The first-order valence-electron chi connectivity index (χ1n) is 6.30. The van der Waals surface area contributed by atoms with Gasteiger partial charge in [-0.2, -0.15) is 8.79 Å². The molecule has 0 heterocycles. The smallest absolute Gasteiger partial charge is 0.200 e. The van der Waals surface area contributed by atoms with E-state index in [0.29, 0.717) is 29.7 Å². The second-order valence-corrected chi connectivity index (χ2v) is 7.54. The summed E-state index contributed by atoms with van der Waals surface area (Å²) in [4.78, 5) is 0. The summed E-state index contributed by atoms with van der Waals surface area (Å²) < 4.78 is 47.9. The molecule has 1 aliphatic carbocycles. The zero-order chi connectivity index (χ0) is 15.1. The Balaban J connectivity index is 2.52. The molecule has 0 aromatic heterocycles. The van der Waals surface area contributed by atoms with Crippen LogP contribution in [-0.2, 0) is 17.4 Å². The molecule has 1 aromatic carbocycles. The van der Waals surface area contributed by atoms with E-state index in [9.17, 15) is 13.0 Å². The number of hydrogen-bond donors (Lipinski definition) is 0. The lowest BCUT2D eigenvalue weighted by molar-refractivity contribution is 0.367. The molecule has 0 amide bonds. The molecule has 0 radical (unpaired) electrons. The van der Waals surface area contributed by atoms with Crippen LogP contribution in [0.3, 0.4) is 0 Å². The van der Waals surface area contributed by atoms with Gasteiger partial charge in [0.15, 0.2) is 11.6 Å². The predicted molar refractivity (Wildman–Crippen MR) is 75.7 cm³/mol. The van der Waals surface area contributed by atoms with Gasteiger partial charge >= 0.3 is 0 Å². The van der Waals surface area contributed by atoms with Crippen molar-refractivity contribution < 1.29 is 17.7 Å². The van der Waals surface area contributed by atoms with E-state index in [0.717, 1.165) is 6.07 Å². The monoisotopic (exact) mass is 301 g/mol. The van der Waals surface area contributed by atoms with Gasteiger partial charge in [-0.15, -0.1) is 0 Å². The highest BCUT2D eigenvalue weighted by Crippen LogP contribution is 2.35. The van der Waals surface area contributed by atoms with Gasteiger partial charge in [-0.1, -0.05) is 0 Å². The molecule has 0 fully saturated rings. The van der Waals surface area contributed by atoms with Crippen molar-refractivity contribution in [2.45, 2.75) is 38.4 Å². The standard InChI is InChI=1S/C14H17F2NO2S/c1-14(2,3)20(18)17-11-6-5-8-9(11)7-10(15)12(16)13(8)19-4/h7H,5-6H2,1-4H3. The molecule has 1 unspecified atom stereocenters. The van der Waals surface area contributed by atoms with Crippen LogP contribution in [-0.4, -0.2) is 21.8 Å². The summed E-state index contributed by atoms with van der Waals surface area (Å²) in [6.45, 7) is 5.44. The van der Waals surface area contributed by atoms with Gasteiger partial charge in [0.05, 0.1) is 17.6 Å². The van der Waals surface area contributed by atoms with Crippen molar-refractivity contribution >= 4 is 16.7 Å². The van der Waals surface area contributed by atoms with Crippen LogP contribution in [0.15, 0.2) is 10.5 Å². The summed E-state index contributed by atoms with van der Waals surface area (Å²) >= 11 is 0. The van der Waals surface area contributed by atoms with Gasteiger partial charge in [-0.25, -0.2) is 8.60 Å². The topological polar surface area (TPSA) is 38.7 Å². The number of methoxy groups -OCH3 is 1. The van der Waals surface area contributed by atoms with E-state index in [4.69, 9.17) is 4.74 Å². The van der Waals surface area contributed by atoms with Crippen LogP contribution < -0.4 is 4.74 Å². The summed E-state index contributed by atoms with van der Waals surface area (Å²) in [5.74, 6) is -2.03. The van der Waals surface area contributed by atoms with E-state index < -0.39 is 27.4 Å². The van der Waals surface area contributed by atoms with Crippen molar-refractivity contribution in [1.82, 2.24) is 0 Å². The van der Waals surface area contributed by atoms with Crippen LogP contribution in [0.1, 0.15) is 38.3 Å². The van der Waals surface area contributed by atoms with Crippen LogP contribution in [0.5, 0.6) is 5.75 Å². The first-order chi connectivity index (χ1) is 9.25. The molecule has 2 rings (SSSR count). The molecule has 0 N–H and O–H groups in total. The fourth-order valence-electron chi connectivity index (χ4n) is 2.07. The zero-order valence-electron chi connectivity index (χ0n) is 11.9. The molecule has 1 atom stereocenters. The quantitative estimate of drug-likeness (QED) is 0.841. The Labute approximate surface area is 119 Å². The molecule has 0 aliphatic heterocycles. The number of hydrogen-bond acceptors (Lipinski definition) is 2. The SMILES string of the molecule is COc1c(F)c(F)cc2c1CCC2=NS(=O)C(C)(C)C. The van der Waals surface area contributed by atoms with Gasteiger partial charge in [0, 0.05) is 11.1 Å². The zero-order valence-corrected chi connectivity index (χ0v) is 12.7. The number of rotatable bonds is 2. The molecule has 0 saturated carbocycles. The van der Waals surface area contributed by atoms with Crippen molar-refractivity contribution in [3.63, 3.8) is 0 Å². The lowest BCUT2D eigenvalue weighted by atomic mass is 10.1. The first kappa shape index (κ1) is 15.1. The molecule has 0 spiro atoms. The molecule has 20 heavy (non-hydrogen) atoms. The summed E-state index contributed by atoms with van der Waals surface area (Å²) in [5.41, 5.74) is 1.64. The van der Waals surface area contributed by atoms with Crippen LogP contribution in [0.25, 0.3) is 0 Å². The van der Waals surface area contributed by atoms with Crippen molar-refractivity contribution in [1.29, 1.82) is 0 Å².